The molecule has 2 rings (SSSR count). The molecule has 0 radical (unpaired) electrons. The lowest BCUT2D eigenvalue weighted by molar-refractivity contribution is 0.102. The molecular weight excluding hydrogens is 273 g/mol. The van der Waals surface area contributed by atoms with E-state index in [2.05, 4.69) is 10.3 Å². The lowest BCUT2D eigenvalue weighted by Crippen LogP contribution is -2.18. The van der Waals surface area contributed by atoms with Gasteiger partial charge < -0.3 is 9.88 Å². The molecule has 19 heavy (non-hydrogen) atoms. The van der Waals surface area contributed by atoms with Gasteiger partial charge >= 0.3 is 0 Å². The van der Waals surface area contributed by atoms with E-state index in [1.54, 1.807) is 7.05 Å². The van der Waals surface area contributed by atoms with Crippen LogP contribution >= 0.6 is 11.6 Å². The third-order valence-electron chi connectivity index (χ3n) is 2.39. The summed E-state index contributed by atoms with van der Waals surface area (Å²) in [5.41, 5.74) is 0.117. The largest absolute Gasteiger partial charge is 0.321 e. The van der Waals surface area contributed by atoms with Crippen molar-refractivity contribution in [3.8, 4) is 0 Å². The van der Waals surface area contributed by atoms with Gasteiger partial charge in [-0.2, -0.15) is 0 Å². The van der Waals surface area contributed by atoms with Crippen LogP contribution in [0.2, 0.25) is 5.15 Å². The summed E-state index contributed by atoms with van der Waals surface area (Å²) in [5.74, 6) is -1.26. The second-order valence-electron chi connectivity index (χ2n) is 3.81. The van der Waals surface area contributed by atoms with E-state index in [0.717, 1.165) is 12.3 Å². The zero-order valence-corrected chi connectivity index (χ0v) is 10.6. The Morgan fingerprint density at radius 2 is 2.21 bits per heavy atom. The number of hydrogen-bond acceptors (Lipinski definition) is 3. The average molecular weight is 282 g/mol. The van der Waals surface area contributed by atoms with Crippen molar-refractivity contribution >= 4 is 23.2 Å². The molecule has 0 saturated heterocycles. The van der Waals surface area contributed by atoms with Crippen LogP contribution in [0, 0.1) is 5.82 Å². The van der Waals surface area contributed by atoms with E-state index in [0.29, 0.717) is 5.69 Å². The van der Waals surface area contributed by atoms with Crippen LogP contribution in [0.4, 0.5) is 10.1 Å². The van der Waals surface area contributed by atoms with Gasteiger partial charge in [0.25, 0.3) is 5.91 Å². The Morgan fingerprint density at radius 3 is 2.89 bits per heavy atom. The molecule has 0 saturated carbocycles. The molecule has 2 aromatic rings. The van der Waals surface area contributed by atoms with Crippen molar-refractivity contribution in [1.29, 1.82) is 0 Å². The van der Waals surface area contributed by atoms with E-state index < -0.39 is 11.7 Å². The Balaban J connectivity index is 2.28. The van der Waals surface area contributed by atoms with Gasteiger partial charge in [-0.15, -0.1) is 0 Å². The second-order valence-corrected chi connectivity index (χ2v) is 4.17. The Morgan fingerprint density at radius 1 is 1.47 bits per heavy atom. The first kappa shape index (κ1) is 13.2. The standard InChI is InChI=1S/C12H9ClFN3O2/c1-17-6-8(2-3-10(17)18)16-12(19)9-4-7(14)5-15-11(9)13/h2-6H,1H3,(H,16,19). The highest BCUT2D eigenvalue weighted by atomic mass is 35.5. The molecule has 0 spiro atoms. The minimum Gasteiger partial charge on any atom is -0.321 e. The number of rotatable bonds is 2. The van der Waals surface area contributed by atoms with Crippen LogP contribution in [0.15, 0.2) is 35.4 Å². The van der Waals surface area contributed by atoms with Crippen LogP contribution in [-0.4, -0.2) is 15.5 Å². The Kier molecular flexibility index (Phi) is 3.62. The molecule has 0 unspecified atom stereocenters. The topological polar surface area (TPSA) is 64.0 Å². The summed E-state index contributed by atoms with van der Waals surface area (Å²) in [5, 5.41) is 2.41. The number of amides is 1. The Bertz CT molecular complexity index is 700. The molecule has 0 aliphatic carbocycles. The van der Waals surface area contributed by atoms with Crippen LogP contribution < -0.4 is 10.9 Å². The first-order chi connectivity index (χ1) is 8.97. The number of nitrogens with one attached hydrogen (secondary N) is 1. The smallest absolute Gasteiger partial charge is 0.258 e. The summed E-state index contributed by atoms with van der Waals surface area (Å²) < 4.78 is 14.3. The number of anilines is 1. The van der Waals surface area contributed by atoms with Crippen LogP contribution in [0.5, 0.6) is 0 Å². The van der Waals surface area contributed by atoms with Gasteiger partial charge in [0, 0.05) is 19.3 Å². The summed E-state index contributed by atoms with van der Waals surface area (Å²) >= 11 is 5.72. The van der Waals surface area contributed by atoms with Crippen molar-refractivity contribution in [2.45, 2.75) is 0 Å². The number of halogens is 2. The highest BCUT2D eigenvalue weighted by molar-refractivity contribution is 6.33. The molecule has 1 amide bonds. The number of hydrogen-bond donors (Lipinski definition) is 1. The molecule has 1 N–H and O–H groups in total. The molecule has 0 aliphatic rings. The predicted octanol–water partition coefficient (Wildman–Crippen LogP) is 1.83. The molecule has 98 valence electrons. The van der Waals surface area contributed by atoms with E-state index in [4.69, 9.17) is 11.6 Å². The first-order valence-electron chi connectivity index (χ1n) is 5.26. The van der Waals surface area contributed by atoms with Crippen molar-refractivity contribution in [2.75, 3.05) is 5.32 Å². The summed E-state index contributed by atoms with van der Waals surface area (Å²) in [6.07, 6.45) is 2.37. The molecule has 2 aromatic heterocycles. The van der Waals surface area contributed by atoms with Crippen LogP contribution in [-0.2, 0) is 7.05 Å². The fourth-order valence-electron chi connectivity index (χ4n) is 1.45. The number of carbonyl (C=O) groups is 1. The zero-order chi connectivity index (χ0) is 14.0. The van der Waals surface area contributed by atoms with Crippen molar-refractivity contribution in [1.82, 2.24) is 9.55 Å². The summed E-state index contributed by atoms with van der Waals surface area (Å²) in [6, 6.07) is 3.74. The average Bonchev–Trinajstić information content (AvgIpc) is 2.36. The first-order valence-corrected chi connectivity index (χ1v) is 5.64. The SMILES string of the molecule is Cn1cc(NC(=O)c2cc(F)cnc2Cl)ccc1=O. The van der Waals surface area contributed by atoms with Gasteiger partial charge in [0.05, 0.1) is 17.4 Å². The van der Waals surface area contributed by atoms with Crippen molar-refractivity contribution < 1.29 is 9.18 Å². The maximum Gasteiger partial charge on any atom is 0.258 e. The minimum absolute atomic E-state index is 0.0736. The Labute approximate surface area is 112 Å². The Hall–Kier alpha value is -2.21. The number of aromatic nitrogens is 2. The summed E-state index contributed by atoms with van der Waals surface area (Å²) in [7, 11) is 1.55. The number of aryl methyl sites for hydroxylation is 1. The monoisotopic (exact) mass is 281 g/mol. The van der Waals surface area contributed by atoms with Crippen LogP contribution in [0.25, 0.3) is 0 Å². The molecule has 2 heterocycles. The lowest BCUT2D eigenvalue weighted by Gasteiger charge is -2.07. The third kappa shape index (κ3) is 2.97. The summed E-state index contributed by atoms with van der Waals surface area (Å²) in [6.45, 7) is 0. The van der Waals surface area contributed by atoms with Gasteiger partial charge in [-0.05, 0) is 12.1 Å². The molecule has 0 fully saturated rings. The van der Waals surface area contributed by atoms with E-state index in [1.807, 2.05) is 0 Å². The van der Waals surface area contributed by atoms with Crippen molar-refractivity contribution in [3.63, 3.8) is 0 Å². The molecule has 0 atom stereocenters. The highest BCUT2D eigenvalue weighted by Gasteiger charge is 2.13. The van der Waals surface area contributed by atoms with Gasteiger partial charge in [0.1, 0.15) is 11.0 Å². The molecule has 0 bridgehead atoms. The summed E-state index contributed by atoms with van der Waals surface area (Å²) in [4.78, 5) is 26.6. The van der Waals surface area contributed by atoms with Gasteiger partial charge in [-0.25, -0.2) is 9.37 Å². The number of nitrogens with zero attached hydrogens (tertiary/aromatic N) is 2. The normalized spacial score (nSPS) is 10.3. The van der Waals surface area contributed by atoms with Gasteiger partial charge in [0.15, 0.2) is 0 Å². The maximum absolute atomic E-state index is 13.0. The van der Waals surface area contributed by atoms with Crippen molar-refractivity contribution in [3.05, 3.63) is 57.5 Å². The second kappa shape index (κ2) is 5.19. The predicted molar refractivity (Wildman–Crippen MR) is 68.8 cm³/mol. The fraction of sp³-hybridized carbons (Fsp3) is 0.0833. The molecular formula is C12H9ClFN3O2. The van der Waals surface area contributed by atoms with Crippen LogP contribution in [0.3, 0.4) is 0 Å². The number of carbonyl (C=O) groups excluding carboxylic acids is 1. The fourth-order valence-corrected chi connectivity index (χ4v) is 1.64. The molecule has 0 aliphatic heterocycles. The lowest BCUT2D eigenvalue weighted by atomic mass is 10.2. The molecule has 5 nitrogen and oxygen atoms in total. The van der Waals surface area contributed by atoms with E-state index in [-0.39, 0.29) is 16.3 Å². The zero-order valence-electron chi connectivity index (χ0n) is 9.85. The third-order valence-corrected chi connectivity index (χ3v) is 2.70. The number of pyridine rings is 2. The van der Waals surface area contributed by atoms with Crippen molar-refractivity contribution in [2.24, 2.45) is 7.05 Å². The van der Waals surface area contributed by atoms with Crippen LogP contribution in [0.1, 0.15) is 10.4 Å². The van der Waals surface area contributed by atoms with E-state index in [9.17, 15) is 14.0 Å². The molecule has 0 aromatic carbocycles. The van der Waals surface area contributed by atoms with E-state index in [1.165, 1.54) is 22.9 Å². The van der Waals surface area contributed by atoms with Gasteiger partial charge in [0.2, 0.25) is 5.56 Å². The maximum atomic E-state index is 13.0. The van der Waals surface area contributed by atoms with Gasteiger partial charge in [-0.1, -0.05) is 11.6 Å². The highest BCUT2D eigenvalue weighted by Crippen LogP contribution is 2.15. The minimum atomic E-state index is -0.657. The molecule has 7 heteroatoms. The quantitative estimate of drug-likeness (QED) is 0.854. The van der Waals surface area contributed by atoms with E-state index >= 15 is 0 Å². The van der Waals surface area contributed by atoms with Gasteiger partial charge in [-0.3, -0.25) is 9.59 Å².